The molecule has 0 bridgehead atoms. The number of carboxylic acids is 1. The van der Waals surface area contributed by atoms with Crippen LogP contribution in [0.2, 0.25) is 0 Å². The lowest BCUT2D eigenvalue weighted by molar-refractivity contribution is -0.138. The molecule has 0 amide bonds. The van der Waals surface area contributed by atoms with E-state index in [4.69, 9.17) is 5.11 Å². The normalized spacial score (nSPS) is 26.6. The summed E-state index contributed by atoms with van der Waals surface area (Å²) in [5, 5.41) is 8.63. The maximum absolute atomic E-state index is 10.5. The van der Waals surface area contributed by atoms with E-state index in [2.05, 4.69) is 6.92 Å². The number of hydrogen-bond donors (Lipinski definition) is 1. The molecule has 1 fully saturated rings. The van der Waals surface area contributed by atoms with Crippen LogP contribution in [0.25, 0.3) is 0 Å². The second-order valence-electron chi connectivity index (χ2n) is 4.27. The van der Waals surface area contributed by atoms with Gasteiger partial charge in [0.25, 0.3) is 0 Å². The van der Waals surface area contributed by atoms with E-state index in [-0.39, 0.29) is 12.4 Å². The Kier molecular flexibility index (Phi) is 6.98. The van der Waals surface area contributed by atoms with Gasteiger partial charge in [0.05, 0.1) is 0 Å². The van der Waals surface area contributed by atoms with Gasteiger partial charge in [-0.1, -0.05) is 32.6 Å². The van der Waals surface area contributed by atoms with Crippen molar-refractivity contribution >= 4 is 18.4 Å². The Labute approximate surface area is 92.5 Å². The number of carbonyl (C=O) groups is 1. The molecule has 14 heavy (non-hydrogen) atoms. The number of hydrogen-bond acceptors (Lipinski definition) is 1. The van der Waals surface area contributed by atoms with Gasteiger partial charge in [-0.3, -0.25) is 4.79 Å². The number of aliphatic carboxylic acids is 1. The van der Waals surface area contributed by atoms with Crippen LogP contribution in [0.1, 0.15) is 51.9 Å². The molecule has 1 saturated carbocycles. The van der Waals surface area contributed by atoms with Gasteiger partial charge in [0, 0.05) is 6.42 Å². The molecule has 84 valence electrons. The first-order valence-corrected chi connectivity index (χ1v) is 5.44. The van der Waals surface area contributed by atoms with E-state index >= 15 is 0 Å². The molecule has 0 heterocycles. The lowest BCUT2D eigenvalue weighted by Gasteiger charge is -2.27. The van der Waals surface area contributed by atoms with Crippen LogP contribution in [0.5, 0.6) is 0 Å². The first kappa shape index (κ1) is 13.8. The standard InChI is InChI=1S/C11H20O2.ClH/c1-2-3-9-4-6-10(7-5-9)8-11(12)13;/h9-10H,2-8H2,1H3,(H,12,13);1H/t9-,10-;. The first-order chi connectivity index (χ1) is 6.22. The molecule has 3 heteroatoms. The minimum absolute atomic E-state index is 0. The van der Waals surface area contributed by atoms with E-state index < -0.39 is 5.97 Å². The molecule has 0 aromatic rings. The Balaban J connectivity index is 0.00000169. The lowest BCUT2D eigenvalue weighted by atomic mass is 9.79. The quantitative estimate of drug-likeness (QED) is 0.788. The van der Waals surface area contributed by atoms with Crippen LogP contribution < -0.4 is 0 Å². The topological polar surface area (TPSA) is 37.3 Å². The molecule has 0 aromatic carbocycles. The first-order valence-electron chi connectivity index (χ1n) is 5.44. The average molecular weight is 221 g/mol. The van der Waals surface area contributed by atoms with Crippen LogP contribution in [-0.4, -0.2) is 11.1 Å². The van der Waals surface area contributed by atoms with Crippen molar-refractivity contribution in [3.05, 3.63) is 0 Å². The molecule has 0 spiro atoms. The van der Waals surface area contributed by atoms with Crippen LogP contribution in [-0.2, 0) is 4.79 Å². The zero-order valence-corrected chi connectivity index (χ0v) is 9.68. The van der Waals surface area contributed by atoms with Gasteiger partial charge in [0.1, 0.15) is 0 Å². The van der Waals surface area contributed by atoms with Crippen molar-refractivity contribution in [3.8, 4) is 0 Å². The van der Waals surface area contributed by atoms with Crippen molar-refractivity contribution in [1.29, 1.82) is 0 Å². The maximum Gasteiger partial charge on any atom is 0.303 e. The molecule has 0 aromatic heterocycles. The van der Waals surface area contributed by atoms with E-state index in [1.807, 2.05) is 0 Å². The molecule has 0 aliphatic heterocycles. The smallest absolute Gasteiger partial charge is 0.303 e. The van der Waals surface area contributed by atoms with Crippen molar-refractivity contribution in [1.82, 2.24) is 0 Å². The fraction of sp³-hybridized carbons (Fsp3) is 0.909. The van der Waals surface area contributed by atoms with Crippen molar-refractivity contribution in [3.63, 3.8) is 0 Å². The molecule has 1 rings (SSSR count). The van der Waals surface area contributed by atoms with Crippen LogP contribution in [0.15, 0.2) is 0 Å². The molecule has 0 unspecified atom stereocenters. The van der Waals surface area contributed by atoms with Crippen LogP contribution in [0.4, 0.5) is 0 Å². The Morgan fingerprint density at radius 1 is 1.21 bits per heavy atom. The highest BCUT2D eigenvalue weighted by Crippen LogP contribution is 2.32. The third-order valence-electron chi connectivity index (χ3n) is 3.13. The average Bonchev–Trinajstić information content (AvgIpc) is 2.08. The van der Waals surface area contributed by atoms with Crippen LogP contribution in [0, 0.1) is 11.8 Å². The summed E-state index contributed by atoms with van der Waals surface area (Å²) in [5.41, 5.74) is 0. The molecule has 2 nitrogen and oxygen atoms in total. The fourth-order valence-corrected chi connectivity index (χ4v) is 2.38. The van der Waals surface area contributed by atoms with Gasteiger partial charge in [-0.05, 0) is 24.7 Å². The molecule has 0 radical (unpaired) electrons. The lowest BCUT2D eigenvalue weighted by Crippen LogP contribution is -2.17. The largest absolute Gasteiger partial charge is 0.481 e. The van der Waals surface area contributed by atoms with Gasteiger partial charge in [-0.2, -0.15) is 0 Å². The summed E-state index contributed by atoms with van der Waals surface area (Å²) in [4.78, 5) is 10.5. The summed E-state index contributed by atoms with van der Waals surface area (Å²) < 4.78 is 0. The molecule has 0 saturated heterocycles. The van der Waals surface area contributed by atoms with Gasteiger partial charge in [-0.25, -0.2) is 0 Å². The summed E-state index contributed by atoms with van der Waals surface area (Å²) in [6.45, 7) is 2.23. The highest BCUT2D eigenvalue weighted by molar-refractivity contribution is 5.85. The molecule has 1 aliphatic carbocycles. The van der Waals surface area contributed by atoms with Gasteiger partial charge < -0.3 is 5.11 Å². The Morgan fingerprint density at radius 3 is 2.14 bits per heavy atom. The van der Waals surface area contributed by atoms with E-state index in [1.54, 1.807) is 0 Å². The predicted molar refractivity (Wildman–Crippen MR) is 59.9 cm³/mol. The summed E-state index contributed by atoms with van der Waals surface area (Å²) in [7, 11) is 0. The number of rotatable bonds is 4. The second kappa shape index (κ2) is 7.10. The van der Waals surface area contributed by atoms with Crippen molar-refractivity contribution in [2.24, 2.45) is 11.8 Å². The summed E-state index contributed by atoms with van der Waals surface area (Å²) in [6, 6.07) is 0. The molecule has 1 aliphatic rings. The monoisotopic (exact) mass is 220 g/mol. The summed E-state index contributed by atoms with van der Waals surface area (Å²) in [5.74, 6) is 0.722. The van der Waals surface area contributed by atoms with Crippen molar-refractivity contribution in [2.75, 3.05) is 0 Å². The molecule has 1 N–H and O–H groups in total. The maximum atomic E-state index is 10.5. The van der Waals surface area contributed by atoms with E-state index in [1.165, 1.54) is 25.7 Å². The van der Waals surface area contributed by atoms with Gasteiger partial charge in [0.15, 0.2) is 0 Å². The van der Waals surface area contributed by atoms with E-state index in [9.17, 15) is 4.79 Å². The highest BCUT2D eigenvalue weighted by atomic mass is 35.5. The minimum atomic E-state index is -0.626. The number of carboxylic acid groups (broad SMARTS) is 1. The van der Waals surface area contributed by atoms with Gasteiger partial charge in [-0.15, -0.1) is 12.4 Å². The summed E-state index contributed by atoms with van der Waals surface area (Å²) in [6.07, 6.45) is 7.78. The highest BCUT2D eigenvalue weighted by Gasteiger charge is 2.21. The third kappa shape index (κ3) is 4.85. The predicted octanol–water partition coefficient (Wildman–Crippen LogP) is 3.49. The third-order valence-corrected chi connectivity index (χ3v) is 3.13. The Morgan fingerprint density at radius 2 is 1.71 bits per heavy atom. The molecule has 0 atom stereocenters. The van der Waals surface area contributed by atoms with Crippen LogP contribution in [0.3, 0.4) is 0 Å². The van der Waals surface area contributed by atoms with E-state index in [0.29, 0.717) is 12.3 Å². The molecular formula is C11H21ClO2. The van der Waals surface area contributed by atoms with E-state index in [0.717, 1.165) is 18.8 Å². The summed E-state index contributed by atoms with van der Waals surface area (Å²) >= 11 is 0. The van der Waals surface area contributed by atoms with Crippen LogP contribution >= 0.6 is 12.4 Å². The van der Waals surface area contributed by atoms with Gasteiger partial charge in [0.2, 0.25) is 0 Å². The second-order valence-corrected chi connectivity index (χ2v) is 4.27. The Hall–Kier alpha value is -0.240. The SMILES string of the molecule is CCC[C@H]1CC[C@H](CC(=O)O)CC1.Cl. The fourth-order valence-electron chi connectivity index (χ4n) is 2.38. The van der Waals surface area contributed by atoms with Crippen molar-refractivity contribution in [2.45, 2.75) is 51.9 Å². The minimum Gasteiger partial charge on any atom is -0.481 e. The number of halogens is 1. The van der Waals surface area contributed by atoms with Crippen molar-refractivity contribution < 1.29 is 9.90 Å². The Bertz CT molecular complexity index is 163. The van der Waals surface area contributed by atoms with Gasteiger partial charge >= 0.3 is 5.97 Å². The molecular weight excluding hydrogens is 200 g/mol. The zero-order valence-electron chi connectivity index (χ0n) is 8.87. The zero-order chi connectivity index (χ0) is 9.68.